The van der Waals surface area contributed by atoms with Gasteiger partial charge >= 0.3 is 5.97 Å². The number of hydrogen-bond donors (Lipinski definition) is 2. The molecular formula is C11H12ClNO4S. The fourth-order valence-electron chi connectivity index (χ4n) is 1.75. The lowest BCUT2D eigenvalue weighted by molar-refractivity contribution is -0.151. The number of hydrogen-bond acceptors (Lipinski definition) is 4. The van der Waals surface area contributed by atoms with Gasteiger partial charge in [-0.25, -0.2) is 4.79 Å². The van der Waals surface area contributed by atoms with Crippen molar-refractivity contribution < 1.29 is 19.4 Å². The number of rotatable bonds is 4. The van der Waals surface area contributed by atoms with Gasteiger partial charge in [0.15, 0.2) is 6.10 Å². The molecule has 1 aromatic heterocycles. The molecule has 1 aromatic rings. The lowest BCUT2D eigenvalue weighted by Crippen LogP contribution is -2.35. The zero-order valence-corrected chi connectivity index (χ0v) is 11.0. The Morgan fingerprint density at radius 1 is 1.44 bits per heavy atom. The molecule has 98 valence electrons. The van der Waals surface area contributed by atoms with Crippen molar-refractivity contribution in [3.05, 3.63) is 21.3 Å². The van der Waals surface area contributed by atoms with Crippen LogP contribution in [0, 0.1) is 0 Å². The highest BCUT2D eigenvalue weighted by atomic mass is 35.5. The number of ether oxygens (including phenoxy) is 1. The second-order valence-corrected chi connectivity index (χ2v) is 5.75. The van der Waals surface area contributed by atoms with E-state index in [0.29, 0.717) is 23.7 Å². The first-order chi connectivity index (χ1) is 8.56. The summed E-state index contributed by atoms with van der Waals surface area (Å²) in [5.41, 5.74) is 0. The van der Waals surface area contributed by atoms with Crippen molar-refractivity contribution in [2.24, 2.45) is 0 Å². The van der Waals surface area contributed by atoms with Gasteiger partial charge in [-0.3, -0.25) is 4.79 Å². The van der Waals surface area contributed by atoms with Crippen LogP contribution in [0.5, 0.6) is 0 Å². The molecule has 0 unspecified atom stereocenters. The first-order valence-electron chi connectivity index (χ1n) is 5.46. The molecule has 1 saturated heterocycles. The van der Waals surface area contributed by atoms with E-state index in [9.17, 15) is 9.59 Å². The summed E-state index contributed by atoms with van der Waals surface area (Å²) in [4.78, 5) is 23.4. The van der Waals surface area contributed by atoms with Crippen LogP contribution < -0.4 is 5.32 Å². The van der Waals surface area contributed by atoms with Gasteiger partial charge in [-0.15, -0.1) is 11.3 Å². The van der Waals surface area contributed by atoms with Crippen LogP contribution in [0.15, 0.2) is 12.1 Å². The Balaban J connectivity index is 1.80. The maximum Gasteiger partial charge on any atom is 0.332 e. The minimum absolute atomic E-state index is 0.275. The molecule has 0 saturated carbocycles. The predicted molar refractivity (Wildman–Crippen MR) is 66.7 cm³/mol. The summed E-state index contributed by atoms with van der Waals surface area (Å²) in [7, 11) is 0. The molecule has 2 rings (SSSR count). The standard InChI is InChI=1S/C11H12ClNO4S/c12-9-4-1-6(18-9)5-13-10(14)7-2-3-8(17-7)11(15)16/h1,4,7-8H,2-3,5H2,(H,13,14)(H,15,16)/t7-,8+/m0/s1. The maximum absolute atomic E-state index is 11.7. The molecule has 1 fully saturated rings. The van der Waals surface area contributed by atoms with Crippen molar-refractivity contribution in [1.82, 2.24) is 5.32 Å². The van der Waals surface area contributed by atoms with E-state index in [1.807, 2.05) is 6.07 Å². The Kier molecular flexibility index (Phi) is 4.21. The van der Waals surface area contributed by atoms with Crippen molar-refractivity contribution in [2.75, 3.05) is 0 Å². The molecule has 2 N–H and O–H groups in total. The van der Waals surface area contributed by atoms with Crippen LogP contribution in [0.25, 0.3) is 0 Å². The monoisotopic (exact) mass is 289 g/mol. The van der Waals surface area contributed by atoms with Gasteiger partial charge in [0, 0.05) is 4.88 Å². The van der Waals surface area contributed by atoms with Gasteiger partial charge in [-0.1, -0.05) is 11.6 Å². The molecule has 5 nitrogen and oxygen atoms in total. The van der Waals surface area contributed by atoms with Crippen LogP contribution in [0.2, 0.25) is 4.34 Å². The largest absolute Gasteiger partial charge is 0.479 e. The first kappa shape index (κ1) is 13.3. The molecular weight excluding hydrogens is 278 g/mol. The normalized spacial score (nSPS) is 22.9. The van der Waals surface area contributed by atoms with E-state index in [1.54, 1.807) is 6.07 Å². The summed E-state index contributed by atoms with van der Waals surface area (Å²) in [6, 6.07) is 3.60. The summed E-state index contributed by atoms with van der Waals surface area (Å²) >= 11 is 7.17. The Bertz CT molecular complexity index is 462. The summed E-state index contributed by atoms with van der Waals surface area (Å²) in [6.07, 6.45) is -0.717. The Morgan fingerprint density at radius 3 is 2.72 bits per heavy atom. The Morgan fingerprint density at radius 2 is 2.17 bits per heavy atom. The average Bonchev–Trinajstić information content (AvgIpc) is 2.94. The molecule has 18 heavy (non-hydrogen) atoms. The van der Waals surface area contributed by atoms with Crippen LogP contribution in [-0.2, 0) is 20.9 Å². The highest BCUT2D eigenvalue weighted by Crippen LogP contribution is 2.22. The van der Waals surface area contributed by atoms with Gasteiger partial charge in [0.2, 0.25) is 5.91 Å². The van der Waals surface area contributed by atoms with Crippen molar-refractivity contribution in [2.45, 2.75) is 31.6 Å². The van der Waals surface area contributed by atoms with Crippen molar-refractivity contribution in [1.29, 1.82) is 0 Å². The molecule has 0 spiro atoms. The second-order valence-electron chi connectivity index (χ2n) is 3.95. The van der Waals surface area contributed by atoms with E-state index in [4.69, 9.17) is 21.4 Å². The number of aliphatic carboxylic acids is 1. The van der Waals surface area contributed by atoms with Gasteiger partial charge in [-0.2, -0.15) is 0 Å². The summed E-state index contributed by atoms with van der Waals surface area (Å²) in [5, 5.41) is 11.5. The first-order valence-corrected chi connectivity index (χ1v) is 6.66. The number of halogens is 1. The van der Waals surface area contributed by atoms with Gasteiger partial charge in [0.25, 0.3) is 0 Å². The maximum atomic E-state index is 11.7. The van der Waals surface area contributed by atoms with Gasteiger partial charge in [-0.05, 0) is 25.0 Å². The molecule has 1 amide bonds. The SMILES string of the molecule is O=C(NCc1ccc(Cl)s1)[C@@H]1CC[C@H](C(=O)O)O1. The van der Waals surface area contributed by atoms with Crippen molar-refractivity contribution in [3.63, 3.8) is 0 Å². The summed E-state index contributed by atoms with van der Waals surface area (Å²) in [6.45, 7) is 0.383. The van der Waals surface area contributed by atoms with E-state index in [1.165, 1.54) is 11.3 Å². The highest BCUT2D eigenvalue weighted by molar-refractivity contribution is 7.16. The van der Waals surface area contributed by atoms with E-state index >= 15 is 0 Å². The summed E-state index contributed by atoms with van der Waals surface area (Å²) < 4.78 is 5.81. The molecule has 0 aliphatic carbocycles. The third-order valence-electron chi connectivity index (χ3n) is 2.65. The van der Waals surface area contributed by atoms with E-state index in [2.05, 4.69) is 5.32 Å². The number of carboxylic acids is 1. The van der Waals surface area contributed by atoms with Crippen molar-refractivity contribution in [3.8, 4) is 0 Å². The van der Waals surface area contributed by atoms with Crippen LogP contribution >= 0.6 is 22.9 Å². The van der Waals surface area contributed by atoms with Crippen molar-refractivity contribution >= 4 is 34.8 Å². The topological polar surface area (TPSA) is 75.6 Å². The highest BCUT2D eigenvalue weighted by Gasteiger charge is 2.34. The lowest BCUT2D eigenvalue weighted by Gasteiger charge is -2.11. The van der Waals surface area contributed by atoms with Gasteiger partial charge < -0.3 is 15.2 Å². The number of carboxylic acid groups (broad SMARTS) is 1. The number of carbonyl (C=O) groups excluding carboxylic acids is 1. The number of nitrogens with one attached hydrogen (secondary N) is 1. The van der Waals surface area contributed by atoms with Gasteiger partial charge in [0.05, 0.1) is 10.9 Å². The number of amides is 1. The van der Waals surface area contributed by atoms with E-state index in [-0.39, 0.29) is 5.91 Å². The molecule has 0 radical (unpaired) electrons. The average molecular weight is 290 g/mol. The van der Waals surface area contributed by atoms with Crippen LogP contribution in [0.1, 0.15) is 17.7 Å². The summed E-state index contributed by atoms with van der Waals surface area (Å²) in [5.74, 6) is -1.29. The molecule has 0 bridgehead atoms. The molecule has 2 heterocycles. The third kappa shape index (κ3) is 3.22. The second kappa shape index (κ2) is 5.69. The minimum atomic E-state index is -1.02. The molecule has 2 atom stereocenters. The quantitative estimate of drug-likeness (QED) is 0.884. The van der Waals surface area contributed by atoms with Crippen LogP contribution in [0.3, 0.4) is 0 Å². The van der Waals surface area contributed by atoms with E-state index in [0.717, 1.165) is 4.88 Å². The fourth-order valence-corrected chi connectivity index (χ4v) is 2.77. The predicted octanol–water partition coefficient (Wildman–Crippen LogP) is 1.65. The molecule has 1 aliphatic rings. The smallest absolute Gasteiger partial charge is 0.332 e. The van der Waals surface area contributed by atoms with Crippen LogP contribution in [-0.4, -0.2) is 29.2 Å². The Hall–Kier alpha value is -1.11. The van der Waals surface area contributed by atoms with Crippen LogP contribution in [0.4, 0.5) is 0 Å². The molecule has 7 heteroatoms. The lowest BCUT2D eigenvalue weighted by atomic mass is 10.2. The number of thiophene rings is 1. The van der Waals surface area contributed by atoms with Gasteiger partial charge in [0.1, 0.15) is 6.10 Å². The zero-order chi connectivity index (χ0) is 13.1. The third-order valence-corrected chi connectivity index (χ3v) is 3.88. The zero-order valence-electron chi connectivity index (χ0n) is 9.39. The minimum Gasteiger partial charge on any atom is -0.479 e. The number of carbonyl (C=O) groups is 2. The Labute approximate surface area is 113 Å². The fraction of sp³-hybridized carbons (Fsp3) is 0.455. The van der Waals surface area contributed by atoms with E-state index < -0.39 is 18.2 Å². The molecule has 1 aliphatic heterocycles. The molecule has 0 aromatic carbocycles.